The van der Waals surface area contributed by atoms with E-state index in [1.807, 2.05) is 0 Å². The van der Waals surface area contributed by atoms with Crippen molar-refractivity contribution in [2.75, 3.05) is 0 Å². The molecule has 0 aromatic heterocycles. The molecule has 1 aliphatic rings. The van der Waals surface area contributed by atoms with Gasteiger partial charge in [0.15, 0.2) is 0 Å². The van der Waals surface area contributed by atoms with Gasteiger partial charge in [-0.15, -0.1) is 0 Å². The van der Waals surface area contributed by atoms with Gasteiger partial charge in [0, 0.05) is 5.41 Å². The van der Waals surface area contributed by atoms with Crippen molar-refractivity contribution in [1.29, 1.82) is 0 Å². The fraction of sp³-hybridized carbons (Fsp3) is 0.647. The molecular formula is C34H52O2. The standard InChI is InChI=1S/C34H52O2/c1-30(2,3)24-18-22(19-25(28(24)35)31(4,5)6)34(16-14-13-15-17-34)23-20-26(32(7,8)9)29(36)27(21-23)33(10,11)12/h18-21,35-36H,13-17H2,1-12H3. The van der Waals surface area contributed by atoms with Crippen LogP contribution < -0.4 is 0 Å². The lowest BCUT2D eigenvalue weighted by Gasteiger charge is -2.42. The van der Waals surface area contributed by atoms with Crippen molar-refractivity contribution in [3.05, 3.63) is 57.6 Å². The van der Waals surface area contributed by atoms with Gasteiger partial charge in [0.2, 0.25) is 0 Å². The molecule has 2 nitrogen and oxygen atoms in total. The molecule has 0 aliphatic heterocycles. The van der Waals surface area contributed by atoms with Gasteiger partial charge in [-0.25, -0.2) is 0 Å². The zero-order valence-electron chi connectivity index (χ0n) is 25.2. The van der Waals surface area contributed by atoms with Crippen molar-refractivity contribution in [2.24, 2.45) is 0 Å². The van der Waals surface area contributed by atoms with E-state index in [0.717, 1.165) is 35.1 Å². The number of benzene rings is 2. The lowest BCUT2D eigenvalue weighted by Crippen LogP contribution is -2.33. The Morgan fingerprint density at radius 3 is 0.944 bits per heavy atom. The first-order valence-electron chi connectivity index (χ1n) is 14.0. The van der Waals surface area contributed by atoms with Gasteiger partial charge in [0.25, 0.3) is 0 Å². The molecule has 0 unspecified atom stereocenters. The van der Waals surface area contributed by atoms with Crippen LogP contribution in [0.25, 0.3) is 0 Å². The highest BCUT2D eigenvalue weighted by Crippen LogP contribution is 2.51. The van der Waals surface area contributed by atoms with E-state index < -0.39 is 0 Å². The van der Waals surface area contributed by atoms with Crippen LogP contribution in [0.5, 0.6) is 11.5 Å². The Morgan fingerprint density at radius 1 is 0.472 bits per heavy atom. The Labute approximate surface area is 221 Å². The molecule has 1 saturated carbocycles. The number of phenolic OH excluding ortho intramolecular Hbond substituents is 2. The molecular weight excluding hydrogens is 440 g/mol. The van der Waals surface area contributed by atoms with Crippen LogP contribution in [0, 0.1) is 0 Å². The summed E-state index contributed by atoms with van der Waals surface area (Å²) in [5.74, 6) is 0.891. The van der Waals surface area contributed by atoms with E-state index in [0.29, 0.717) is 11.5 Å². The average Bonchev–Trinajstić information content (AvgIpc) is 2.71. The second kappa shape index (κ2) is 9.10. The number of aromatic hydroxyl groups is 2. The molecule has 2 aromatic carbocycles. The molecule has 0 saturated heterocycles. The van der Waals surface area contributed by atoms with Crippen LogP contribution in [0.3, 0.4) is 0 Å². The first-order chi connectivity index (χ1) is 16.2. The Balaban J connectivity index is 2.46. The smallest absolute Gasteiger partial charge is 0.123 e. The third-order valence-electron chi connectivity index (χ3n) is 8.26. The summed E-state index contributed by atoms with van der Waals surface area (Å²) in [5.41, 5.74) is 5.94. The van der Waals surface area contributed by atoms with E-state index in [9.17, 15) is 10.2 Å². The largest absolute Gasteiger partial charge is 0.507 e. The maximum absolute atomic E-state index is 11.4. The highest BCUT2D eigenvalue weighted by Gasteiger charge is 2.40. The molecule has 0 bridgehead atoms. The van der Waals surface area contributed by atoms with Crippen LogP contribution >= 0.6 is 0 Å². The molecule has 2 heteroatoms. The quantitative estimate of drug-likeness (QED) is 0.438. The topological polar surface area (TPSA) is 40.5 Å². The van der Waals surface area contributed by atoms with Gasteiger partial charge in [-0.05, 0) is 67.9 Å². The highest BCUT2D eigenvalue weighted by molar-refractivity contribution is 5.57. The van der Waals surface area contributed by atoms with Gasteiger partial charge in [0.05, 0.1) is 0 Å². The molecule has 1 aliphatic carbocycles. The molecule has 2 aromatic rings. The first kappa shape index (κ1) is 28.6. The third-order valence-corrected chi connectivity index (χ3v) is 8.26. The van der Waals surface area contributed by atoms with E-state index in [-0.39, 0.29) is 27.1 Å². The first-order valence-corrected chi connectivity index (χ1v) is 14.0. The summed E-state index contributed by atoms with van der Waals surface area (Å²) >= 11 is 0. The van der Waals surface area contributed by atoms with Gasteiger partial charge < -0.3 is 10.2 Å². The van der Waals surface area contributed by atoms with Crippen LogP contribution in [0.4, 0.5) is 0 Å². The molecule has 0 spiro atoms. The molecule has 200 valence electrons. The van der Waals surface area contributed by atoms with Crippen molar-refractivity contribution >= 4 is 0 Å². The maximum atomic E-state index is 11.4. The normalized spacial score (nSPS) is 17.3. The van der Waals surface area contributed by atoms with Gasteiger partial charge in [-0.1, -0.05) is 127 Å². The van der Waals surface area contributed by atoms with Crippen molar-refractivity contribution < 1.29 is 10.2 Å². The zero-order chi connectivity index (χ0) is 27.5. The SMILES string of the molecule is CC(C)(C)c1cc(C2(c3cc(C(C)(C)C)c(O)c(C(C)(C)C)c3)CCCCC2)cc(C(C)(C)C)c1O. The number of hydrogen-bond donors (Lipinski definition) is 2. The number of rotatable bonds is 2. The maximum Gasteiger partial charge on any atom is 0.123 e. The van der Waals surface area contributed by atoms with Crippen LogP contribution in [-0.4, -0.2) is 10.2 Å². The van der Waals surface area contributed by atoms with Gasteiger partial charge >= 0.3 is 0 Å². The molecule has 0 radical (unpaired) electrons. The van der Waals surface area contributed by atoms with Crippen molar-refractivity contribution in [1.82, 2.24) is 0 Å². The average molecular weight is 493 g/mol. The second-order valence-corrected chi connectivity index (χ2v) is 15.5. The summed E-state index contributed by atoms with van der Waals surface area (Å²) in [6.45, 7) is 26.4. The molecule has 0 atom stereocenters. The Morgan fingerprint density at radius 2 is 0.722 bits per heavy atom. The Kier molecular flexibility index (Phi) is 7.23. The van der Waals surface area contributed by atoms with Gasteiger partial charge in [0.1, 0.15) is 11.5 Å². The minimum atomic E-state index is -0.169. The summed E-state index contributed by atoms with van der Waals surface area (Å²) in [7, 11) is 0. The summed E-state index contributed by atoms with van der Waals surface area (Å²) < 4.78 is 0. The third kappa shape index (κ3) is 5.34. The fourth-order valence-corrected chi connectivity index (χ4v) is 6.01. The molecule has 2 N–H and O–H groups in total. The minimum Gasteiger partial charge on any atom is -0.507 e. The number of phenols is 2. The van der Waals surface area contributed by atoms with Gasteiger partial charge in [-0.3, -0.25) is 0 Å². The van der Waals surface area contributed by atoms with E-state index in [2.05, 4.69) is 107 Å². The predicted octanol–water partition coefficient (Wildman–Crippen LogP) is 9.54. The van der Waals surface area contributed by atoms with E-state index >= 15 is 0 Å². The van der Waals surface area contributed by atoms with E-state index in [1.165, 1.54) is 30.4 Å². The van der Waals surface area contributed by atoms with E-state index in [1.54, 1.807) is 0 Å². The summed E-state index contributed by atoms with van der Waals surface area (Å²) in [5, 5.41) is 22.9. The summed E-state index contributed by atoms with van der Waals surface area (Å²) in [6, 6.07) is 9.21. The lowest BCUT2D eigenvalue weighted by molar-refractivity contribution is 0.340. The highest BCUT2D eigenvalue weighted by atomic mass is 16.3. The Bertz CT molecular complexity index is 948. The monoisotopic (exact) mass is 492 g/mol. The molecule has 3 rings (SSSR count). The molecule has 36 heavy (non-hydrogen) atoms. The van der Waals surface area contributed by atoms with E-state index in [4.69, 9.17) is 0 Å². The van der Waals surface area contributed by atoms with Crippen LogP contribution in [0.1, 0.15) is 149 Å². The number of hydrogen-bond acceptors (Lipinski definition) is 2. The van der Waals surface area contributed by atoms with Crippen LogP contribution in [0.15, 0.2) is 24.3 Å². The Hall–Kier alpha value is -1.96. The zero-order valence-corrected chi connectivity index (χ0v) is 25.2. The molecule has 1 fully saturated rings. The lowest BCUT2D eigenvalue weighted by atomic mass is 9.62. The van der Waals surface area contributed by atoms with Crippen molar-refractivity contribution in [3.8, 4) is 11.5 Å². The summed E-state index contributed by atoms with van der Waals surface area (Å²) in [4.78, 5) is 0. The van der Waals surface area contributed by atoms with Crippen molar-refractivity contribution in [3.63, 3.8) is 0 Å². The molecule has 0 heterocycles. The fourth-order valence-electron chi connectivity index (χ4n) is 6.01. The summed E-state index contributed by atoms with van der Waals surface area (Å²) in [6.07, 6.45) is 5.81. The van der Waals surface area contributed by atoms with Crippen molar-refractivity contribution in [2.45, 2.75) is 142 Å². The minimum absolute atomic E-state index is 0.139. The van der Waals surface area contributed by atoms with Crippen LogP contribution in [0.2, 0.25) is 0 Å². The predicted molar refractivity (Wildman–Crippen MR) is 155 cm³/mol. The van der Waals surface area contributed by atoms with Crippen LogP contribution in [-0.2, 0) is 27.1 Å². The van der Waals surface area contributed by atoms with Gasteiger partial charge in [-0.2, -0.15) is 0 Å². The molecule has 0 amide bonds. The second-order valence-electron chi connectivity index (χ2n) is 15.5.